The van der Waals surface area contributed by atoms with Gasteiger partial charge in [-0.25, -0.2) is 0 Å². The van der Waals surface area contributed by atoms with Gasteiger partial charge in [0, 0.05) is 12.8 Å². The molecule has 0 atom stereocenters. The van der Waals surface area contributed by atoms with E-state index in [2.05, 4.69) is 6.58 Å². The van der Waals surface area contributed by atoms with Crippen LogP contribution < -0.4 is 0 Å². The molecule has 10 heavy (non-hydrogen) atoms. The summed E-state index contributed by atoms with van der Waals surface area (Å²) >= 11 is 5.87. The average molecular weight is 161 g/mol. The van der Waals surface area contributed by atoms with E-state index in [1.807, 2.05) is 6.08 Å². The van der Waals surface area contributed by atoms with Crippen molar-refractivity contribution >= 4 is 11.6 Å². The molecule has 1 fully saturated rings. The average Bonchev–Trinajstić information content (AvgIpc) is 2.39. The van der Waals surface area contributed by atoms with Crippen molar-refractivity contribution in [3.8, 4) is 0 Å². The Morgan fingerprint density at radius 1 is 1.40 bits per heavy atom. The molecule has 0 aromatic rings. The molecule has 1 aliphatic heterocycles. The van der Waals surface area contributed by atoms with E-state index in [0.29, 0.717) is 0 Å². The van der Waals surface area contributed by atoms with Crippen LogP contribution in [0.15, 0.2) is 12.7 Å². The van der Waals surface area contributed by atoms with Crippen LogP contribution in [-0.4, -0.2) is 30.1 Å². The minimum absolute atomic E-state index is 0.756. The first-order valence-corrected chi connectivity index (χ1v) is 4.38. The third-order valence-electron chi connectivity index (χ3n) is 2.28. The number of likely N-dealkylation sites (tertiary alicyclic amines) is 1. The Kier molecular flexibility index (Phi) is 2.75. The zero-order valence-corrected chi connectivity index (χ0v) is 7.11. The van der Waals surface area contributed by atoms with E-state index in [9.17, 15) is 0 Å². The SMILES string of the molecule is C=CC[N+]1(CCl)CCCC1. The fraction of sp³-hybridized carbons (Fsp3) is 0.750. The van der Waals surface area contributed by atoms with Crippen LogP contribution in [0, 0.1) is 0 Å². The maximum Gasteiger partial charge on any atom is 0.155 e. The van der Waals surface area contributed by atoms with Crippen LogP contribution in [0.2, 0.25) is 0 Å². The summed E-state index contributed by atoms with van der Waals surface area (Å²) in [6.45, 7) is 7.28. The molecule has 0 radical (unpaired) electrons. The van der Waals surface area contributed by atoms with Crippen LogP contribution in [0.1, 0.15) is 12.8 Å². The molecule has 1 nitrogen and oxygen atoms in total. The van der Waals surface area contributed by atoms with E-state index >= 15 is 0 Å². The number of halogens is 1. The summed E-state index contributed by atoms with van der Waals surface area (Å²) in [5.74, 6) is 0. The molecule has 1 heterocycles. The molecule has 0 aliphatic carbocycles. The van der Waals surface area contributed by atoms with Crippen molar-refractivity contribution in [2.75, 3.05) is 25.6 Å². The van der Waals surface area contributed by atoms with E-state index in [0.717, 1.165) is 17.0 Å². The minimum Gasteiger partial charge on any atom is -0.308 e. The molecule has 1 saturated heterocycles. The molecule has 1 rings (SSSR count). The molecule has 0 unspecified atom stereocenters. The molecule has 58 valence electrons. The smallest absolute Gasteiger partial charge is 0.155 e. The van der Waals surface area contributed by atoms with Crippen molar-refractivity contribution in [1.29, 1.82) is 0 Å². The first kappa shape index (κ1) is 8.09. The van der Waals surface area contributed by atoms with E-state index in [1.165, 1.54) is 25.9 Å². The van der Waals surface area contributed by atoms with Gasteiger partial charge in [-0.15, -0.1) is 0 Å². The highest BCUT2D eigenvalue weighted by Crippen LogP contribution is 2.19. The number of rotatable bonds is 3. The summed E-state index contributed by atoms with van der Waals surface area (Å²) in [4.78, 5) is 0. The van der Waals surface area contributed by atoms with Crippen LogP contribution >= 0.6 is 11.6 Å². The molecule has 0 bridgehead atoms. The summed E-state index contributed by atoms with van der Waals surface area (Å²) in [6.07, 6.45) is 4.65. The number of nitrogens with zero attached hydrogens (tertiary/aromatic N) is 1. The Balaban J connectivity index is 2.48. The molecule has 0 aromatic heterocycles. The van der Waals surface area contributed by atoms with Crippen molar-refractivity contribution in [3.63, 3.8) is 0 Å². The highest BCUT2D eigenvalue weighted by molar-refractivity contribution is 6.17. The second kappa shape index (κ2) is 3.40. The van der Waals surface area contributed by atoms with Crippen LogP contribution in [-0.2, 0) is 0 Å². The largest absolute Gasteiger partial charge is 0.308 e. The van der Waals surface area contributed by atoms with Gasteiger partial charge in [0.05, 0.1) is 19.6 Å². The summed E-state index contributed by atoms with van der Waals surface area (Å²) in [7, 11) is 0. The van der Waals surface area contributed by atoms with Gasteiger partial charge in [-0.05, 0) is 6.08 Å². The first-order chi connectivity index (χ1) is 4.83. The topological polar surface area (TPSA) is 0 Å². The Hall–Kier alpha value is -0.0100. The molecule has 0 saturated carbocycles. The lowest BCUT2D eigenvalue weighted by Gasteiger charge is -2.30. The minimum atomic E-state index is 0.756. The number of quaternary nitrogens is 1. The molecular weight excluding hydrogens is 146 g/mol. The fourth-order valence-electron chi connectivity index (χ4n) is 1.63. The standard InChI is InChI=1S/C8H15ClN/c1-2-5-10(8-9)6-3-4-7-10/h2H,1,3-8H2/q+1. The Bertz CT molecular complexity index is 116. The van der Waals surface area contributed by atoms with Crippen LogP contribution in [0.5, 0.6) is 0 Å². The van der Waals surface area contributed by atoms with Crippen LogP contribution in [0.4, 0.5) is 0 Å². The van der Waals surface area contributed by atoms with Crippen LogP contribution in [0.3, 0.4) is 0 Å². The monoisotopic (exact) mass is 160 g/mol. The Morgan fingerprint density at radius 2 is 2.00 bits per heavy atom. The first-order valence-electron chi connectivity index (χ1n) is 3.85. The summed E-state index contributed by atoms with van der Waals surface area (Å²) in [6, 6.07) is 0.756. The lowest BCUT2D eigenvalue weighted by molar-refractivity contribution is -0.900. The summed E-state index contributed by atoms with van der Waals surface area (Å²) in [5.41, 5.74) is 0. The molecular formula is C8H15ClN+. The lowest BCUT2D eigenvalue weighted by Crippen LogP contribution is -2.44. The van der Waals surface area contributed by atoms with Crippen molar-refractivity contribution in [2.24, 2.45) is 0 Å². The zero-order chi connectivity index (χ0) is 7.45. The normalized spacial score (nSPS) is 22.9. The van der Waals surface area contributed by atoms with Crippen molar-refractivity contribution in [2.45, 2.75) is 12.8 Å². The molecule has 2 heteroatoms. The van der Waals surface area contributed by atoms with E-state index < -0.39 is 0 Å². The predicted octanol–water partition coefficient (Wildman–Crippen LogP) is 1.98. The highest BCUT2D eigenvalue weighted by atomic mass is 35.5. The lowest BCUT2D eigenvalue weighted by atomic mass is 10.4. The van der Waals surface area contributed by atoms with Crippen molar-refractivity contribution in [3.05, 3.63) is 12.7 Å². The number of hydrogen-bond acceptors (Lipinski definition) is 0. The van der Waals surface area contributed by atoms with Gasteiger partial charge in [-0.1, -0.05) is 18.2 Å². The van der Waals surface area contributed by atoms with E-state index in [-0.39, 0.29) is 0 Å². The predicted molar refractivity (Wildman–Crippen MR) is 45.0 cm³/mol. The van der Waals surface area contributed by atoms with Crippen LogP contribution in [0.25, 0.3) is 0 Å². The third kappa shape index (κ3) is 1.53. The van der Waals surface area contributed by atoms with E-state index in [1.54, 1.807) is 0 Å². The molecule has 0 amide bonds. The maximum absolute atomic E-state index is 5.87. The molecule has 0 spiro atoms. The number of hydrogen-bond donors (Lipinski definition) is 0. The second-order valence-electron chi connectivity index (χ2n) is 3.09. The van der Waals surface area contributed by atoms with Gasteiger partial charge in [0.25, 0.3) is 0 Å². The van der Waals surface area contributed by atoms with E-state index in [4.69, 9.17) is 11.6 Å². The van der Waals surface area contributed by atoms with Crippen molar-refractivity contribution in [1.82, 2.24) is 0 Å². The second-order valence-corrected chi connectivity index (χ2v) is 3.33. The van der Waals surface area contributed by atoms with Gasteiger partial charge < -0.3 is 4.48 Å². The quantitative estimate of drug-likeness (QED) is 0.256. The summed E-state index contributed by atoms with van der Waals surface area (Å²) < 4.78 is 1.06. The highest BCUT2D eigenvalue weighted by Gasteiger charge is 2.28. The van der Waals surface area contributed by atoms with Gasteiger partial charge >= 0.3 is 0 Å². The van der Waals surface area contributed by atoms with Crippen molar-refractivity contribution < 1.29 is 4.48 Å². The van der Waals surface area contributed by atoms with Gasteiger partial charge in [0.15, 0.2) is 6.00 Å². The Labute approximate surface area is 67.9 Å². The fourth-order valence-corrected chi connectivity index (χ4v) is 1.97. The third-order valence-corrected chi connectivity index (χ3v) is 2.79. The van der Waals surface area contributed by atoms with Gasteiger partial charge in [-0.2, -0.15) is 0 Å². The maximum atomic E-state index is 5.87. The zero-order valence-electron chi connectivity index (χ0n) is 6.35. The number of alkyl halides is 1. The molecule has 1 aliphatic rings. The summed E-state index contributed by atoms with van der Waals surface area (Å²) in [5, 5.41) is 0. The molecule has 0 N–H and O–H groups in total. The van der Waals surface area contributed by atoms with Gasteiger partial charge in [0.1, 0.15) is 0 Å². The van der Waals surface area contributed by atoms with Gasteiger partial charge in [-0.3, -0.25) is 0 Å². The molecule has 0 aromatic carbocycles. The van der Waals surface area contributed by atoms with Gasteiger partial charge in [0.2, 0.25) is 0 Å². The Morgan fingerprint density at radius 3 is 2.40 bits per heavy atom.